The third-order valence-corrected chi connectivity index (χ3v) is 5.76. The molecule has 0 amide bonds. The van der Waals surface area contributed by atoms with E-state index in [0.717, 1.165) is 23.8 Å². The lowest BCUT2D eigenvalue weighted by Crippen LogP contribution is -2.28. The van der Waals surface area contributed by atoms with Gasteiger partial charge in [0, 0.05) is 6.54 Å². The van der Waals surface area contributed by atoms with E-state index in [4.69, 9.17) is 0 Å². The fourth-order valence-corrected chi connectivity index (χ4v) is 4.78. The number of rotatable bonds is 5. The summed E-state index contributed by atoms with van der Waals surface area (Å²) in [6.45, 7) is 7.85. The molecule has 4 heteroatoms. The molecule has 2 heterocycles. The number of nitrogens with one attached hydrogen (secondary N) is 1. The van der Waals surface area contributed by atoms with Crippen LogP contribution in [0.1, 0.15) is 51.5 Å². The lowest BCUT2D eigenvalue weighted by molar-refractivity contribution is 0.252. The molecule has 1 aliphatic rings. The SMILES string of the molecule is Cc1csc2c(NCC3(CC(C)C)CCCC3)ncnc12. The Morgan fingerprint density at radius 3 is 2.76 bits per heavy atom. The van der Waals surface area contributed by atoms with Crippen molar-refractivity contribution in [3.63, 3.8) is 0 Å². The molecular weight excluding hydrogens is 278 g/mol. The molecule has 1 N–H and O–H groups in total. The van der Waals surface area contributed by atoms with Crippen LogP contribution in [0.2, 0.25) is 0 Å². The average Bonchev–Trinajstić information content (AvgIpc) is 3.05. The summed E-state index contributed by atoms with van der Waals surface area (Å²) in [5.41, 5.74) is 2.82. The number of thiophene rings is 1. The van der Waals surface area contributed by atoms with Crippen LogP contribution >= 0.6 is 11.3 Å². The quantitative estimate of drug-likeness (QED) is 0.843. The van der Waals surface area contributed by atoms with Gasteiger partial charge in [-0.05, 0) is 48.5 Å². The molecule has 3 nitrogen and oxygen atoms in total. The molecule has 0 saturated heterocycles. The van der Waals surface area contributed by atoms with Gasteiger partial charge in [-0.2, -0.15) is 0 Å². The van der Waals surface area contributed by atoms with Crippen molar-refractivity contribution in [2.24, 2.45) is 11.3 Å². The van der Waals surface area contributed by atoms with Crippen LogP contribution in [-0.2, 0) is 0 Å². The van der Waals surface area contributed by atoms with Crippen LogP contribution in [0.15, 0.2) is 11.7 Å². The van der Waals surface area contributed by atoms with Gasteiger partial charge in [0.15, 0.2) is 0 Å². The fourth-order valence-electron chi connectivity index (χ4n) is 3.81. The van der Waals surface area contributed by atoms with Crippen molar-refractivity contribution in [3.8, 4) is 0 Å². The number of aryl methyl sites for hydroxylation is 1. The van der Waals surface area contributed by atoms with Crippen molar-refractivity contribution >= 4 is 27.4 Å². The lowest BCUT2D eigenvalue weighted by Gasteiger charge is -2.31. The van der Waals surface area contributed by atoms with Gasteiger partial charge >= 0.3 is 0 Å². The molecule has 2 aromatic rings. The standard InChI is InChI=1S/C17H25N3S/c1-12(2)8-17(6-4-5-7-17)10-18-16-15-14(19-11-20-16)13(3)9-21-15/h9,11-12H,4-8,10H2,1-3H3,(H,18,19,20). The molecule has 0 unspecified atom stereocenters. The number of nitrogens with zero attached hydrogens (tertiary/aromatic N) is 2. The van der Waals surface area contributed by atoms with Gasteiger partial charge in [0.1, 0.15) is 12.1 Å². The minimum Gasteiger partial charge on any atom is -0.368 e. The highest BCUT2D eigenvalue weighted by Gasteiger charge is 2.34. The summed E-state index contributed by atoms with van der Waals surface area (Å²) in [4.78, 5) is 8.89. The normalized spacial score (nSPS) is 17.7. The summed E-state index contributed by atoms with van der Waals surface area (Å²) < 4.78 is 1.20. The van der Waals surface area contributed by atoms with E-state index in [0.29, 0.717) is 5.41 Å². The first-order valence-corrected chi connectivity index (χ1v) is 8.90. The van der Waals surface area contributed by atoms with E-state index in [2.05, 4.69) is 41.4 Å². The van der Waals surface area contributed by atoms with E-state index < -0.39 is 0 Å². The molecule has 3 rings (SSSR count). The number of anilines is 1. The summed E-state index contributed by atoms with van der Waals surface area (Å²) in [5, 5.41) is 5.82. The summed E-state index contributed by atoms with van der Waals surface area (Å²) in [5.74, 6) is 1.78. The first-order chi connectivity index (χ1) is 10.1. The maximum Gasteiger partial charge on any atom is 0.147 e. The fraction of sp³-hybridized carbons (Fsp3) is 0.647. The van der Waals surface area contributed by atoms with E-state index in [1.807, 2.05) is 0 Å². The Labute approximate surface area is 131 Å². The second-order valence-electron chi connectivity index (χ2n) is 6.98. The van der Waals surface area contributed by atoms with E-state index in [9.17, 15) is 0 Å². The van der Waals surface area contributed by atoms with Crippen LogP contribution in [0.25, 0.3) is 10.2 Å². The summed E-state index contributed by atoms with van der Waals surface area (Å²) in [6, 6.07) is 0. The Hall–Kier alpha value is -1.16. The van der Waals surface area contributed by atoms with E-state index in [-0.39, 0.29) is 0 Å². The Morgan fingerprint density at radius 2 is 2.05 bits per heavy atom. The number of fused-ring (bicyclic) bond motifs is 1. The average molecular weight is 303 g/mol. The maximum absolute atomic E-state index is 4.48. The molecule has 0 bridgehead atoms. The largest absolute Gasteiger partial charge is 0.368 e. The Morgan fingerprint density at radius 1 is 1.29 bits per heavy atom. The molecule has 21 heavy (non-hydrogen) atoms. The van der Waals surface area contributed by atoms with Gasteiger partial charge in [-0.1, -0.05) is 26.7 Å². The van der Waals surface area contributed by atoms with Crippen LogP contribution in [0.3, 0.4) is 0 Å². The third kappa shape index (κ3) is 3.05. The Balaban J connectivity index is 1.79. The molecule has 114 valence electrons. The molecule has 1 fully saturated rings. The zero-order valence-electron chi connectivity index (χ0n) is 13.3. The van der Waals surface area contributed by atoms with E-state index >= 15 is 0 Å². The smallest absolute Gasteiger partial charge is 0.147 e. The van der Waals surface area contributed by atoms with E-state index in [1.54, 1.807) is 17.7 Å². The minimum atomic E-state index is 0.470. The van der Waals surface area contributed by atoms with Gasteiger partial charge in [0.25, 0.3) is 0 Å². The number of hydrogen-bond donors (Lipinski definition) is 1. The molecule has 0 aromatic carbocycles. The number of aromatic nitrogens is 2. The van der Waals surface area contributed by atoms with Crippen LogP contribution in [0, 0.1) is 18.3 Å². The van der Waals surface area contributed by atoms with Crippen molar-refractivity contribution in [1.29, 1.82) is 0 Å². The molecule has 1 aliphatic carbocycles. The predicted molar refractivity (Wildman–Crippen MR) is 91.0 cm³/mol. The van der Waals surface area contributed by atoms with Crippen molar-refractivity contribution in [3.05, 3.63) is 17.3 Å². The van der Waals surface area contributed by atoms with Crippen LogP contribution in [-0.4, -0.2) is 16.5 Å². The minimum absolute atomic E-state index is 0.470. The molecule has 0 radical (unpaired) electrons. The van der Waals surface area contributed by atoms with E-state index in [1.165, 1.54) is 42.4 Å². The molecule has 0 spiro atoms. The van der Waals surface area contributed by atoms with Gasteiger partial charge in [0.2, 0.25) is 0 Å². The molecule has 0 atom stereocenters. The van der Waals surface area contributed by atoms with Gasteiger partial charge in [-0.3, -0.25) is 0 Å². The van der Waals surface area contributed by atoms with Gasteiger partial charge in [-0.25, -0.2) is 9.97 Å². The van der Waals surface area contributed by atoms with Crippen molar-refractivity contribution in [2.75, 3.05) is 11.9 Å². The Kier molecular flexibility index (Phi) is 4.16. The van der Waals surface area contributed by atoms with Gasteiger partial charge < -0.3 is 5.32 Å². The van der Waals surface area contributed by atoms with Crippen molar-refractivity contribution in [2.45, 2.75) is 52.9 Å². The topological polar surface area (TPSA) is 37.8 Å². The second kappa shape index (κ2) is 5.91. The predicted octanol–water partition coefficient (Wildman–Crippen LogP) is 5.02. The first-order valence-electron chi connectivity index (χ1n) is 8.02. The first kappa shape index (κ1) is 14.8. The monoisotopic (exact) mass is 303 g/mol. The lowest BCUT2D eigenvalue weighted by atomic mass is 9.78. The van der Waals surface area contributed by atoms with Gasteiger partial charge in [0.05, 0.1) is 10.2 Å². The molecule has 1 saturated carbocycles. The summed E-state index contributed by atoms with van der Waals surface area (Å²) in [7, 11) is 0. The summed E-state index contributed by atoms with van der Waals surface area (Å²) in [6.07, 6.45) is 8.48. The molecule has 0 aliphatic heterocycles. The second-order valence-corrected chi connectivity index (χ2v) is 7.86. The zero-order valence-corrected chi connectivity index (χ0v) is 14.1. The van der Waals surface area contributed by atoms with Crippen molar-refractivity contribution in [1.82, 2.24) is 9.97 Å². The zero-order chi connectivity index (χ0) is 14.9. The highest BCUT2D eigenvalue weighted by molar-refractivity contribution is 7.18. The van der Waals surface area contributed by atoms with Crippen LogP contribution < -0.4 is 5.32 Å². The Bertz CT molecular complexity index is 612. The highest BCUT2D eigenvalue weighted by Crippen LogP contribution is 2.43. The van der Waals surface area contributed by atoms with Crippen LogP contribution in [0.4, 0.5) is 5.82 Å². The highest BCUT2D eigenvalue weighted by atomic mass is 32.1. The van der Waals surface area contributed by atoms with Crippen molar-refractivity contribution < 1.29 is 0 Å². The van der Waals surface area contributed by atoms with Gasteiger partial charge in [-0.15, -0.1) is 11.3 Å². The molecule has 2 aromatic heterocycles. The van der Waals surface area contributed by atoms with Crippen LogP contribution in [0.5, 0.6) is 0 Å². The summed E-state index contributed by atoms with van der Waals surface area (Å²) >= 11 is 1.75. The maximum atomic E-state index is 4.48. The molecular formula is C17H25N3S. The number of hydrogen-bond acceptors (Lipinski definition) is 4. The third-order valence-electron chi connectivity index (χ3n) is 4.67.